The number of hydrogen-bond acceptors (Lipinski definition) is 4. The van der Waals surface area contributed by atoms with Gasteiger partial charge in [0.05, 0.1) is 15.9 Å². The lowest BCUT2D eigenvalue weighted by molar-refractivity contribution is -0.119. The summed E-state index contributed by atoms with van der Waals surface area (Å²) in [6, 6.07) is 12.7. The van der Waals surface area contributed by atoms with Crippen LogP contribution in [-0.4, -0.2) is 18.0 Å². The van der Waals surface area contributed by atoms with Crippen LogP contribution in [0, 0.1) is 0 Å². The number of rotatable bonds is 4. The zero-order valence-electron chi connectivity index (χ0n) is 13.0. The molecule has 2 aromatic rings. The highest BCUT2D eigenvalue weighted by molar-refractivity contribution is 7.16. The van der Waals surface area contributed by atoms with Gasteiger partial charge in [0.2, 0.25) is 5.91 Å². The molecule has 0 radical (unpaired) electrons. The van der Waals surface area contributed by atoms with Gasteiger partial charge in [0, 0.05) is 11.3 Å². The van der Waals surface area contributed by atoms with Gasteiger partial charge in [-0.25, -0.2) is 4.79 Å². The number of carbonyl (C=O) groups excluding carboxylic acids is 2. The monoisotopic (exact) mass is 364 g/mol. The summed E-state index contributed by atoms with van der Waals surface area (Å²) in [5, 5.41) is 5.73. The summed E-state index contributed by atoms with van der Waals surface area (Å²) < 4.78 is 5.88. The molecule has 2 amide bonds. The standard InChI is InChI=1S/C17H17ClN2O3S/c1-17(13-7-8-14(18)24-13)12(9-15(21)20-17)19-16(22)23-10-11-5-3-2-4-6-11/h2-8,12H,9-10H2,1H3,(H,19,22)(H,20,21)/t12-,17-/m0/s1. The van der Waals surface area contributed by atoms with Crippen molar-refractivity contribution in [1.82, 2.24) is 10.6 Å². The molecule has 2 N–H and O–H groups in total. The third kappa shape index (κ3) is 3.55. The number of thiophene rings is 1. The maximum absolute atomic E-state index is 12.1. The predicted molar refractivity (Wildman–Crippen MR) is 93.0 cm³/mol. The van der Waals surface area contributed by atoms with Crippen LogP contribution < -0.4 is 10.6 Å². The first-order valence-electron chi connectivity index (χ1n) is 7.51. The van der Waals surface area contributed by atoms with Gasteiger partial charge in [0.1, 0.15) is 6.61 Å². The Labute approximate surface area is 149 Å². The molecule has 0 bridgehead atoms. The zero-order valence-corrected chi connectivity index (χ0v) is 14.6. The number of halogens is 1. The van der Waals surface area contributed by atoms with Gasteiger partial charge in [0.25, 0.3) is 0 Å². The van der Waals surface area contributed by atoms with Crippen LogP contribution in [0.25, 0.3) is 0 Å². The maximum atomic E-state index is 12.1. The van der Waals surface area contributed by atoms with Crippen molar-refractivity contribution < 1.29 is 14.3 Å². The Hall–Kier alpha value is -2.05. The molecule has 1 fully saturated rings. The Kier molecular flexibility index (Phi) is 4.78. The molecule has 24 heavy (non-hydrogen) atoms. The van der Waals surface area contributed by atoms with Gasteiger partial charge in [-0.3, -0.25) is 4.79 Å². The van der Waals surface area contributed by atoms with Crippen LogP contribution in [0.2, 0.25) is 4.34 Å². The Morgan fingerprint density at radius 3 is 2.79 bits per heavy atom. The summed E-state index contributed by atoms with van der Waals surface area (Å²) in [4.78, 5) is 24.9. The number of ether oxygens (including phenoxy) is 1. The molecule has 2 atom stereocenters. The van der Waals surface area contributed by atoms with Gasteiger partial charge in [-0.2, -0.15) is 0 Å². The number of benzene rings is 1. The van der Waals surface area contributed by atoms with Crippen molar-refractivity contribution in [3.05, 3.63) is 57.2 Å². The molecule has 3 rings (SSSR count). The molecule has 126 valence electrons. The van der Waals surface area contributed by atoms with Crippen LogP contribution in [0.3, 0.4) is 0 Å². The molecule has 0 saturated carbocycles. The first kappa shape index (κ1) is 16.8. The summed E-state index contributed by atoms with van der Waals surface area (Å²) in [6.07, 6.45) is -0.346. The van der Waals surface area contributed by atoms with Gasteiger partial charge in [-0.1, -0.05) is 41.9 Å². The van der Waals surface area contributed by atoms with E-state index in [0.29, 0.717) is 4.34 Å². The highest BCUT2D eigenvalue weighted by atomic mass is 35.5. The molecule has 7 heteroatoms. The molecule has 1 aromatic carbocycles. The minimum atomic E-state index is -0.694. The molecule has 2 heterocycles. The van der Waals surface area contributed by atoms with Crippen molar-refractivity contribution in [3.63, 3.8) is 0 Å². The lowest BCUT2D eigenvalue weighted by atomic mass is 9.92. The van der Waals surface area contributed by atoms with Crippen LogP contribution in [0.1, 0.15) is 23.8 Å². The highest BCUT2D eigenvalue weighted by Crippen LogP contribution is 2.37. The Bertz CT molecular complexity index is 749. The topological polar surface area (TPSA) is 67.4 Å². The van der Waals surface area contributed by atoms with E-state index in [-0.39, 0.29) is 18.9 Å². The molecular weight excluding hydrogens is 348 g/mol. The summed E-state index contributed by atoms with van der Waals surface area (Å²) in [7, 11) is 0. The average molecular weight is 365 g/mol. The first-order chi connectivity index (χ1) is 11.5. The van der Waals surface area contributed by atoms with Crippen molar-refractivity contribution in [3.8, 4) is 0 Å². The van der Waals surface area contributed by atoms with E-state index >= 15 is 0 Å². The fourth-order valence-corrected chi connectivity index (χ4v) is 3.95. The Morgan fingerprint density at radius 2 is 2.12 bits per heavy atom. The van der Waals surface area contributed by atoms with Gasteiger partial charge in [0.15, 0.2) is 0 Å². The number of alkyl carbamates (subject to hydrolysis) is 1. The SMILES string of the molecule is C[C@]1(c2ccc(Cl)s2)NC(=O)C[C@@H]1NC(=O)OCc1ccccc1. The molecule has 1 aliphatic rings. The average Bonchev–Trinajstić information content (AvgIpc) is 3.11. The van der Waals surface area contributed by atoms with Crippen LogP contribution in [-0.2, 0) is 21.7 Å². The van der Waals surface area contributed by atoms with E-state index in [1.165, 1.54) is 11.3 Å². The van der Waals surface area contributed by atoms with E-state index in [9.17, 15) is 9.59 Å². The number of carbonyl (C=O) groups is 2. The van der Waals surface area contributed by atoms with E-state index in [1.807, 2.05) is 43.3 Å². The lowest BCUT2D eigenvalue weighted by Gasteiger charge is -2.30. The van der Waals surface area contributed by atoms with Gasteiger partial charge >= 0.3 is 6.09 Å². The minimum absolute atomic E-state index is 0.115. The number of nitrogens with one attached hydrogen (secondary N) is 2. The summed E-state index contributed by atoms with van der Waals surface area (Å²) in [6.45, 7) is 2.06. The van der Waals surface area contributed by atoms with Crippen molar-refractivity contribution >= 4 is 34.9 Å². The molecule has 0 unspecified atom stereocenters. The Morgan fingerprint density at radius 1 is 1.38 bits per heavy atom. The molecule has 1 saturated heterocycles. The van der Waals surface area contributed by atoms with Crippen LogP contribution in [0.15, 0.2) is 42.5 Å². The van der Waals surface area contributed by atoms with E-state index in [1.54, 1.807) is 6.07 Å². The fourth-order valence-electron chi connectivity index (χ4n) is 2.75. The third-order valence-corrected chi connectivity index (χ3v) is 5.54. The molecular formula is C17H17ClN2O3S. The van der Waals surface area contributed by atoms with E-state index in [2.05, 4.69) is 10.6 Å². The largest absolute Gasteiger partial charge is 0.445 e. The number of hydrogen-bond donors (Lipinski definition) is 2. The normalized spacial score (nSPS) is 22.9. The van der Waals surface area contributed by atoms with Crippen molar-refractivity contribution in [2.45, 2.75) is 31.5 Å². The van der Waals surface area contributed by atoms with Gasteiger partial charge in [-0.05, 0) is 24.6 Å². The first-order valence-corrected chi connectivity index (χ1v) is 8.71. The number of amides is 2. The summed E-state index contributed by atoms with van der Waals surface area (Å²) >= 11 is 7.39. The van der Waals surface area contributed by atoms with Gasteiger partial charge in [-0.15, -0.1) is 11.3 Å². The molecule has 1 aromatic heterocycles. The second-order valence-electron chi connectivity index (χ2n) is 5.82. The van der Waals surface area contributed by atoms with E-state index in [0.717, 1.165) is 10.4 Å². The predicted octanol–water partition coefficient (Wildman–Crippen LogP) is 3.43. The fraction of sp³-hybridized carbons (Fsp3) is 0.294. The smallest absolute Gasteiger partial charge is 0.407 e. The van der Waals surface area contributed by atoms with Crippen molar-refractivity contribution in [1.29, 1.82) is 0 Å². The van der Waals surface area contributed by atoms with Crippen LogP contribution >= 0.6 is 22.9 Å². The quantitative estimate of drug-likeness (QED) is 0.873. The van der Waals surface area contributed by atoms with Gasteiger partial charge < -0.3 is 15.4 Å². The minimum Gasteiger partial charge on any atom is -0.445 e. The second kappa shape index (κ2) is 6.83. The lowest BCUT2D eigenvalue weighted by Crippen LogP contribution is -2.50. The van der Waals surface area contributed by atoms with Crippen LogP contribution in [0.5, 0.6) is 0 Å². The summed E-state index contributed by atoms with van der Waals surface area (Å²) in [5.74, 6) is -0.115. The molecule has 0 spiro atoms. The van der Waals surface area contributed by atoms with E-state index < -0.39 is 17.7 Å². The zero-order chi connectivity index (χ0) is 17.2. The van der Waals surface area contributed by atoms with E-state index in [4.69, 9.17) is 16.3 Å². The van der Waals surface area contributed by atoms with Crippen LogP contribution in [0.4, 0.5) is 4.79 Å². The molecule has 5 nitrogen and oxygen atoms in total. The summed E-state index contributed by atoms with van der Waals surface area (Å²) in [5.41, 5.74) is 0.210. The molecule has 1 aliphatic heterocycles. The molecule has 0 aliphatic carbocycles. The maximum Gasteiger partial charge on any atom is 0.407 e. The Balaban J connectivity index is 1.66. The van der Waals surface area contributed by atoms with Crippen molar-refractivity contribution in [2.75, 3.05) is 0 Å². The second-order valence-corrected chi connectivity index (χ2v) is 7.53. The van der Waals surface area contributed by atoms with Crippen molar-refractivity contribution in [2.24, 2.45) is 0 Å². The third-order valence-electron chi connectivity index (χ3n) is 4.08. The highest BCUT2D eigenvalue weighted by Gasteiger charge is 2.46.